The zero-order valence-electron chi connectivity index (χ0n) is 35.9. The van der Waals surface area contributed by atoms with Gasteiger partial charge in [-0.1, -0.05) is 109 Å². The standard InChI is InChI=1S/C49H40F12O6P2/c1-62-45-44(64-29-32-10-6-3-7-11-32)43(67-69(39-24-16-35(17-25-39)48(56,57)58)40-26-18-36(19-27-40)49(59,60)61)42(41(65-45)30-63-28-31-8-4-2-5-9-31)66-68(37-20-12-33(13-21-37)46(50,51)52)38-22-14-34(15-23-38)47(53,54)55/h2-27,41-45H,28-30H2,1H3/t41-,42-,43+,44+,45+/m1/s1. The van der Waals surface area contributed by atoms with Crippen molar-refractivity contribution in [3.05, 3.63) is 191 Å². The average molecular weight is 1010 g/mol. The molecule has 7 rings (SSSR count). The molecule has 1 heterocycles. The van der Waals surface area contributed by atoms with E-state index in [0.717, 1.165) is 103 Å². The van der Waals surface area contributed by atoms with Crippen molar-refractivity contribution < 1.29 is 80.7 Å². The van der Waals surface area contributed by atoms with E-state index in [-0.39, 0.29) is 41.0 Å². The molecule has 0 aromatic heterocycles. The summed E-state index contributed by atoms with van der Waals surface area (Å²) in [7, 11) is -3.58. The summed E-state index contributed by atoms with van der Waals surface area (Å²) in [6, 6.07) is 32.8. The fourth-order valence-corrected chi connectivity index (χ4v) is 10.9. The van der Waals surface area contributed by atoms with Gasteiger partial charge in [-0.05, 0) is 59.7 Å². The molecule has 6 aromatic rings. The van der Waals surface area contributed by atoms with Crippen LogP contribution in [0, 0.1) is 0 Å². The maximum atomic E-state index is 13.9. The molecule has 0 radical (unpaired) electrons. The van der Waals surface area contributed by atoms with E-state index in [1.165, 1.54) is 7.11 Å². The second-order valence-electron chi connectivity index (χ2n) is 15.4. The van der Waals surface area contributed by atoms with Gasteiger partial charge in [0.15, 0.2) is 6.29 Å². The highest BCUT2D eigenvalue weighted by Gasteiger charge is 2.51. The smallest absolute Gasteiger partial charge is 0.374 e. The monoisotopic (exact) mass is 1010 g/mol. The Kier molecular flexibility index (Phi) is 16.6. The number of hydrogen-bond donors (Lipinski definition) is 0. The lowest BCUT2D eigenvalue weighted by Crippen LogP contribution is -2.61. The van der Waals surface area contributed by atoms with Crippen molar-refractivity contribution in [2.45, 2.75) is 68.6 Å². The molecule has 0 spiro atoms. The minimum atomic E-state index is -4.76. The normalized spacial score (nSPS) is 19.3. The zero-order valence-corrected chi connectivity index (χ0v) is 37.7. The van der Waals surface area contributed by atoms with Crippen LogP contribution >= 0.6 is 16.3 Å². The van der Waals surface area contributed by atoms with E-state index < -0.39 is 94.0 Å². The van der Waals surface area contributed by atoms with Crippen LogP contribution in [0.5, 0.6) is 0 Å². The van der Waals surface area contributed by atoms with Crippen molar-refractivity contribution in [3.8, 4) is 0 Å². The Labute approximate surface area is 390 Å². The van der Waals surface area contributed by atoms with Crippen LogP contribution in [0.25, 0.3) is 0 Å². The molecule has 0 amide bonds. The Bertz CT molecular complexity index is 2410. The number of alkyl halides is 12. The Morgan fingerprint density at radius 1 is 0.420 bits per heavy atom. The number of hydrogen-bond acceptors (Lipinski definition) is 6. The molecule has 0 unspecified atom stereocenters. The molecule has 1 aliphatic heterocycles. The zero-order chi connectivity index (χ0) is 49.6. The molecule has 366 valence electrons. The molecule has 1 fully saturated rings. The lowest BCUT2D eigenvalue weighted by atomic mass is 9.99. The first-order valence-electron chi connectivity index (χ1n) is 20.8. The van der Waals surface area contributed by atoms with Gasteiger partial charge in [-0.25, -0.2) is 0 Å². The van der Waals surface area contributed by atoms with Crippen molar-refractivity contribution >= 4 is 37.5 Å². The van der Waals surface area contributed by atoms with Crippen LogP contribution in [0.1, 0.15) is 33.4 Å². The molecule has 1 saturated heterocycles. The number of rotatable bonds is 16. The van der Waals surface area contributed by atoms with Crippen molar-refractivity contribution in [3.63, 3.8) is 0 Å². The minimum absolute atomic E-state index is 0.0148. The van der Waals surface area contributed by atoms with Gasteiger partial charge in [0.2, 0.25) is 0 Å². The molecular weight excluding hydrogens is 974 g/mol. The summed E-state index contributed by atoms with van der Waals surface area (Å²) in [4.78, 5) is 0. The predicted molar refractivity (Wildman–Crippen MR) is 235 cm³/mol. The van der Waals surface area contributed by atoms with Gasteiger partial charge in [0.1, 0.15) is 24.4 Å². The molecule has 0 bridgehead atoms. The van der Waals surface area contributed by atoms with Crippen molar-refractivity contribution in [1.29, 1.82) is 0 Å². The number of methoxy groups -OCH3 is 1. The van der Waals surface area contributed by atoms with Gasteiger partial charge in [0, 0.05) is 28.3 Å². The third-order valence-electron chi connectivity index (χ3n) is 10.7. The lowest BCUT2D eigenvalue weighted by molar-refractivity contribution is -0.298. The summed E-state index contributed by atoms with van der Waals surface area (Å²) >= 11 is 0. The first-order chi connectivity index (χ1) is 32.7. The SMILES string of the molecule is CO[C@H]1O[C@H](COCc2ccccc2)[C@@H](OP(c2ccc(C(F)(F)F)cc2)c2ccc(C(F)(F)F)cc2)[C@H](OP(c2ccc(C(F)(F)F)cc2)c2ccc(C(F)(F)F)cc2)[C@@H]1OCc1ccccc1. The Hall–Kier alpha value is -4.90. The molecule has 1 aliphatic rings. The van der Waals surface area contributed by atoms with Gasteiger partial charge in [0.05, 0.1) is 58.4 Å². The molecule has 5 atom stereocenters. The van der Waals surface area contributed by atoms with Crippen LogP contribution in [0.2, 0.25) is 0 Å². The molecule has 20 heteroatoms. The summed E-state index contributed by atoms with van der Waals surface area (Å²) in [5.41, 5.74) is -2.74. The van der Waals surface area contributed by atoms with E-state index in [4.69, 9.17) is 28.0 Å². The fourth-order valence-electron chi connectivity index (χ4n) is 7.19. The van der Waals surface area contributed by atoms with Gasteiger partial charge in [-0.3, -0.25) is 0 Å². The third kappa shape index (κ3) is 13.5. The van der Waals surface area contributed by atoms with Gasteiger partial charge in [-0.15, -0.1) is 0 Å². The van der Waals surface area contributed by atoms with Crippen molar-refractivity contribution in [2.75, 3.05) is 13.7 Å². The Morgan fingerprint density at radius 3 is 1.09 bits per heavy atom. The van der Waals surface area contributed by atoms with Crippen LogP contribution in [0.15, 0.2) is 158 Å². The molecule has 6 nitrogen and oxygen atoms in total. The molecule has 0 saturated carbocycles. The maximum absolute atomic E-state index is 13.9. The highest BCUT2D eigenvalue weighted by molar-refractivity contribution is 7.69. The Balaban J connectivity index is 1.40. The van der Waals surface area contributed by atoms with Crippen LogP contribution < -0.4 is 21.2 Å². The van der Waals surface area contributed by atoms with Crippen molar-refractivity contribution in [1.82, 2.24) is 0 Å². The van der Waals surface area contributed by atoms with E-state index in [9.17, 15) is 52.7 Å². The minimum Gasteiger partial charge on any atom is -0.374 e. The second kappa shape index (κ2) is 22.0. The van der Waals surface area contributed by atoms with Gasteiger partial charge in [-0.2, -0.15) is 52.7 Å². The van der Waals surface area contributed by atoms with E-state index in [1.807, 2.05) is 0 Å². The van der Waals surface area contributed by atoms with Crippen LogP contribution in [0.3, 0.4) is 0 Å². The summed E-state index contributed by atoms with van der Waals surface area (Å²) < 4.78 is 206. The topological polar surface area (TPSA) is 55.4 Å². The first-order valence-corrected chi connectivity index (χ1v) is 23.3. The highest BCUT2D eigenvalue weighted by Crippen LogP contribution is 2.48. The maximum Gasteiger partial charge on any atom is 0.416 e. The van der Waals surface area contributed by atoms with Gasteiger partial charge in [0.25, 0.3) is 0 Å². The molecule has 69 heavy (non-hydrogen) atoms. The van der Waals surface area contributed by atoms with E-state index in [1.54, 1.807) is 60.7 Å². The van der Waals surface area contributed by atoms with E-state index in [2.05, 4.69) is 0 Å². The van der Waals surface area contributed by atoms with E-state index in [0.29, 0.717) is 5.56 Å². The quantitative estimate of drug-likeness (QED) is 0.0711. The largest absolute Gasteiger partial charge is 0.416 e. The van der Waals surface area contributed by atoms with Gasteiger partial charge >= 0.3 is 24.7 Å². The number of ether oxygens (including phenoxy) is 4. The molecular formula is C49H40F12O6P2. The molecule has 0 aliphatic carbocycles. The van der Waals surface area contributed by atoms with Crippen molar-refractivity contribution in [2.24, 2.45) is 0 Å². The Morgan fingerprint density at radius 2 is 0.754 bits per heavy atom. The summed E-state index contributed by atoms with van der Waals surface area (Å²) in [5.74, 6) is 0. The van der Waals surface area contributed by atoms with Gasteiger partial charge < -0.3 is 28.0 Å². The second-order valence-corrected chi connectivity index (χ2v) is 19.1. The van der Waals surface area contributed by atoms with Crippen LogP contribution in [-0.2, 0) is 65.9 Å². The molecule has 0 N–H and O–H groups in total. The summed E-state index contributed by atoms with van der Waals surface area (Å²) in [6.07, 6.45) is -26.0. The van der Waals surface area contributed by atoms with Crippen LogP contribution in [-0.4, -0.2) is 44.4 Å². The number of halogens is 12. The predicted octanol–water partition coefficient (Wildman–Crippen LogP) is 12.1. The fraction of sp³-hybridized carbons (Fsp3) is 0.265. The lowest BCUT2D eigenvalue weighted by Gasteiger charge is -2.47. The highest BCUT2D eigenvalue weighted by atomic mass is 31.1. The molecule has 6 aromatic carbocycles. The first kappa shape index (κ1) is 51.9. The van der Waals surface area contributed by atoms with Crippen LogP contribution in [0.4, 0.5) is 52.7 Å². The number of benzene rings is 6. The summed E-state index contributed by atoms with van der Waals surface area (Å²) in [6.45, 7) is -0.436. The average Bonchev–Trinajstić information content (AvgIpc) is 3.32. The van der Waals surface area contributed by atoms with E-state index >= 15 is 0 Å². The third-order valence-corrected chi connectivity index (χ3v) is 14.7. The summed E-state index contributed by atoms with van der Waals surface area (Å²) in [5, 5.41) is 0.402.